The number of fused-ring (bicyclic) bond motifs is 1. The number of amides is 2. The maximum Gasteiger partial charge on any atom is 0.242 e. The fourth-order valence-electron chi connectivity index (χ4n) is 2.84. The van der Waals surface area contributed by atoms with Crippen LogP contribution in [0.3, 0.4) is 0 Å². The molecule has 0 spiro atoms. The van der Waals surface area contributed by atoms with Crippen LogP contribution >= 0.6 is 0 Å². The molecule has 2 amide bonds. The summed E-state index contributed by atoms with van der Waals surface area (Å²) < 4.78 is 16.4. The molecule has 0 saturated carbocycles. The Morgan fingerprint density at radius 3 is 2.88 bits per heavy atom. The highest BCUT2D eigenvalue weighted by Gasteiger charge is 2.27. The molecule has 0 aliphatic carbocycles. The number of ether oxygens (including phenoxy) is 2. The molecule has 1 aromatic heterocycles. The predicted molar refractivity (Wildman–Crippen MR) is 85.9 cm³/mol. The molecule has 0 radical (unpaired) electrons. The van der Waals surface area contributed by atoms with Gasteiger partial charge in [-0.3, -0.25) is 9.59 Å². The van der Waals surface area contributed by atoms with Crippen molar-refractivity contribution in [2.24, 2.45) is 0 Å². The lowest BCUT2D eigenvalue weighted by Crippen LogP contribution is -2.41. The number of aromatic nitrogens is 1. The Morgan fingerprint density at radius 2 is 2.08 bits per heavy atom. The monoisotopic (exact) mass is 343 g/mol. The van der Waals surface area contributed by atoms with Crippen LogP contribution < -0.4 is 20.1 Å². The molecular formula is C17H17N3O5. The van der Waals surface area contributed by atoms with E-state index in [-0.39, 0.29) is 18.4 Å². The summed E-state index contributed by atoms with van der Waals surface area (Å²) in [4.78, 5) is 23.1. The van der Waals surface area contributed by atoms with Gasteiger partial charge in [-0.1, -0.05) is 5.16 Å². The highest BCUT2D eigenvalue weighted by atomic mass is 16.6. The lowest BCUT2D eigenvalue weighted by Gasteiger charge is -2.18. The Bertz CT molecular complexity index is 816. The number of nitrogens with one attached hydrogen (secondary N) is 2. The van der Waals surface area contributed by atoms with Crippen molar-refractivity contribution in [1.29, 1.82) is 0 Å². The van der Waals surface area contributed by atoms with Gasteiger partial charge in [0, 0.05) is 18.1 Å². The van der Waals surface area contributed by atoms with Gasteiger partial charge in [-0.05, 0) is 24.6 Å². The van der Waals surface area contributed by atoms with E-state index in [1.54, 1.807) is 6.07 Å². The third kappa shape index (κ3) is 3.28. The first kappa shape index (κ1) is 15.5. The lowest BCUT2D eigenvalue weighted by molar-refractivity contribution is -0.125. The van der Waals surface area contributed by atoms with Gasteiger partial charge < -0.3 is 24.6 Å². The van der Waals surface area contributed by atoms with E-state index < -0.39 is 6.04 Å². The van der Waals surface area contributed by atoms with Crippen LogP contribution in [0.4, 0.5) is 0 Å². The first-order valence-electron chi connectivity index (χ1n) is 8.12. The first-order chi connectivity index (χ1) is 12.2. The Labute approximate surface area is 143 Å². The molecule has 8 heteroatoms. The predicted octanol–water partition coefficient (Wildman–Crippen LogP) is 1.01. The number of rotatable bonds is 4. The SMILES string of the molecule is O=C1CCC(C(=O)NCc2cc(-c3ccc4c(c3)OCCO4)on2)N1. The molecule has 1 fully saturated rings. The lowest BCUT2D eigenvalue weighted by atomic mass is 10.1. The summed E-state index contributed by atoms with van der Waals surface area (Å²) in [7, 11) is 0. The van der Waals surface area contributed by atoms with Gasteiger partial charge >= 0.3 is 0 Å². The fraction of sp³-hybridized carbons (Fsp3) is 0.353. The number of nitrogens with zero attached hydrogens (tertiary/aromatic N) is 1. The standard InChI is InChI=1S/C17H17N3O5/c21-16-4-2-12(19-16)17(22)18-9-11-8-14(25-20-11)10-1-3-13-15(7-10)24-6-5-23-13/h1,3,7-8,12H,2,4-6,9H2,(H,18,22)(H,19,21). The first-order valence-corrected chi connectivity index (χ1v) is 8.12. The summed E-state index contributed by atoms with van der Waals surface area (Å²) in [6, 6.07) is 6.84. The Morgan fingerprint density at radius 1 is 1.24 bits per heavy atom. The van der Waals surface area contributed by atoms with E-state index in [0.717, 1.165) is 5.56 Å². The summed E-state index contributed by atoms with van der Waals surface area (Å²) in [5.41, 5.74) is 1.42. The molecule has 8 nitrogen and oxygen atoms in total. The Kier molecular flexibility index (Phi) is 4.01. The second-order valence-electron chi connectivity index (χ2n) is 5.92. The maximum atomic E-state index is 12.0. The van der Waals surface area contributed by atoms with Crippen LogP contribution in [0.2, 0.25) is 0 Å². The minimum Gasteiger partial charge on any atom is -0.486 e. The summed E-state index contributed by atoms with van der Waals surface area (Å²) in [5.74, 6) is 1.65. The third-order valence-corrected chi connectivity index (χ3v) is 4.14. The summed E-state index contributed by atoms with van der Waals surface area (Å²) >= 11 is 0. The van der Waals surface area contributed by atoms with Gasteiger partial charge in [-0.2, -0.15) is 0 Å². The zero-order valence-corrected chi connectivity index (χ0v) is 13.4. The Hall–Kier alpha value is -3.03. The number of carbonyl (C=O) groups is 2. The van der Waals surface area contributed by atoms with Crippen molar-refractivity contribution < 1.29 is 23.6 Å². The van der Waals surface area contributed by atoms with E-state index in [1.165, 1.54) is 0 Å². The smallest absolute Gasteiger partial charge is 0.242 e. The molecule has 1 aromatic carbocycles. The molecule has 2 aromatic rings. The van der Waals surface area contributed by atoms with Crippen molar-refractivity contribution in [2.75, 3.05) is 13.2 Å². The van der Waals surface area contributed by atoms with Crippen LogP contribution in [0.25, 0.3) is 11.3 Å². The van der Waals surface area contributed by atoms with Gasteiger partial charge in [0.05, 0.1) is 6.54 Å². The van der Waals surface area contributed by atoms with E-state index >= 15 is 0 Å². The number of hydrogen-bond acceptors (Lipinski definition) is 6. The molecule has 130 valence electrons. The third-order valence-electron chi connectivity index (χ3n) is 4.14. The van der Waals surface area contributed by atoms with Gasteiger partial charge in [0.1, 0.15) is 24.9 Å². The van der Waals surface area contributed by atoms with E-state index in [4.69, 9.17) is 14.0 Å². The van der Waals surface area contributed by atoms with E-state index in [9.17, 15) is 9.59 Å². The largest absolute Gasteiger partial charge is 0.486 e. The number of benzene rings is 1. The van der Waals surface area contributed by atoms with Crippen molar-refractivity contribution in [1.82, 2.24) is 15.8 Å². The molecule has 1 unspecified atom stereocenters. The number of carbonyl (C=O) groups excluding carboxylic acids is 2. The van der Waals surface area contributed by atoms with Gasteiger partial charge in [0.15, 0.2) is 17.3 Å². The molecule has 0 bridgehead atoms. The quantitative estimate of drug-likeness (QED) is 0.859. The topological polar surface area (TPSA) is 103 Å². The normalized spacial score (nSPS) is 18.7. The van der Waals surface area contributed by atoms with E-state index in [0.29, 0.717) is 49.0 Å². The fourth-order valence-corrected chi connectivity index (χ4v) is 2.84. The van der Waals surface area contributed by atoms with Crippen LogP contribution in [0, 0.1) is 0 Å². The van der Waals surface area contributed by atoms with E-state index in [2.05, 4.69) is 15.8 Å². The van der Waals surface area contributed by atoms with Crippen molar-refractivity contribution in [3.05, 3.63) is 30.0 Å². The molecule has 1 saturated heterocycles. The van der Waals surface area contributed by atoms with Crippen molar-refractivity contribution in [3.63, 3.8) is 0 Å². The molecule has 2 N–H and O–H groups in total. The van der Waals surface area contributed by atoms with Crippen molar-refractivity contribution in [3.8, 4) is 22.8 Å². The van der Waals surface area contributed by atoms with Gasteiger partial charge in [-0.25, -0.2) is 0 Å². The summed E-state index contributed by atoms with van der Waals surface area (Å²) in [5, 5.41) is 9.35. The molecule has 25 heavy (non-hydrogen) atoms. The average Bonchev–Trinajstić information content (AvgIpc) is 3.28. The van der Waals surface area contributed by atoms with Crippen LogP contribution in [-0.2, 0) is 16.1 Å². The summed E-state index contributed by atoms with van der Waals surface area (Å²) in [6.45, 7) is 1.29. The van der Waals surface area contributed by atoms with Crippen LogP contribution in [0.15, 0.2) is 28.8 Å². The van der Waals surface area contributed by atoms with Crippen molar-refractivity contribution >= 4 is 11.8 Å². The molecule has 4 rings (SSSR count). The minimum absolute atomic E-state index is 0.0949. The second-order valence-corrected chi connectivity index (χ2v) is 5.92. The van der Waals surface area contributed by atoms with Crippen LogP contribution in [0.1, 0.15) is 18.5 Å². The Balaban J connectivity index is 1.40. The highest BCUT2D eigenvalue weighted by molar-refractivity contribution is 5.90. The van der Waals surface area contributed by atoms with Crippen molar-refractivity contribution in [2.45, 2.75) is 25.4 Å². The second kappa shape index (κ2) is 6.46. The highest BCUT2D eigenvalue weighted by Crippen LogP contribution is 2.34. The van der Waals surface area contributed by atoms with Gasteiger partial charge in [-0.15, -0.1) is 0 Å². The summed E-state index contributed by atoms with van der Waals surface area (Å²) in [6.07, 6.45) is 0.905. The molecule has 1 atom stereocenters. The zero-order valence-electron chi connectivity index (χ0n) is 13.4. The van der Waals surface area contributed by atoms with Crippen LogP contribution in [0.5, 0.6) is 11.5 Å². The molecular weight excluding hydrogens is 326 g/mol. The van der Waals surface area contributed by atoms with E-state index in [1.807, 2.05) is 18.2 Å². The maximum absolute atomic E-state index is 12.0. The molecule has 2 aliphatic heterocycles. The van der Waals surface area contributed by atoms with Gasteiger partial charge in [0.25, 0.3) is 0 Å². The van der Waals surface area contributed by atoms with Gasteiger partial charge in [0.2, 0.25) is 11.8 Å². The molecule has 2 aliphatic rings. The number of hydrogen-bond donors (Lipinski definition) is 2. The minimum atomic E-state index is -0.461. The molecule has 3 heterocycles. The zero-order chi connectivity index (χ0) is 17.2. The van der Waals surface area contributed by atoms with Crippen LogP contribution in [-0.4, -0.2) is 36.2 Å². The average molecular weight is 343 g/mol.